The third kappa shape index (κ3) is 4.38. The third-order valence-corrected chi connectivity index (χ3v) is 3.75. The van der Waals surface area contributed by atoms with E-state index in [1.165, 1.54) is 29.2 Å². The maximum atomic E-state index is 12.3. The molecule has 2 rings (SSSR count). The Morgan fingerprint density at radius 2 is 1.91 bits per heavy atom. The first-order chi connectivity index (χ1) is 10.3. The molecule has 9 heteroatoms. The van der Waals surface area contributed by atoms with Gasteiger partial charge in [-0.3, -0.25) is 9.59 Å². The minimum Gasteiger partial charge on any atom is -0.367 e. The molecule has 22 heavy (non-hydrogen) atoms. The predicted octanol–water partition coefficient (Wildman–Crippen LogP) is 1.62. The number of ether oxygens (including phenoxy) is 1. The summed E-state index contributed by atoms with van der Waals surface area (Å²) in [6, 6.07) is 5.12. The normalized spacial score (nSPS) is 19.0. The van der Waals surface area contributed by atoms with Gasteiger partial charge >= 0.3 is 5.51 Å². The van der Waals surface area contributed by atoms with Crippen molar-refractivity contribution in [2.24, 2.45) is 5.73 Å². The van der Waals surface area contributed by atoms with Crippen LogP contribution in [0.25, 0.3) is 0 Å². The van der Waals surface area contributed by atoms with Gasteiger partial charge < -0.3 is 15.4 Å². The number of amides is 2. The van der Waals surface area contributed by atoms with E-state index in [0.29, 0.717) is 6.54 Å². The lowest BCUT2D eigenvalue weighted by Crippen LogP contribution is -2.50. The van der Waals surface area contributed by atoms with Crippen molar-refractivity contribution in [2.45, 2.75) is 16.5 Å². The van der Waals surface area contributed by atoms with Crippen LogP contribution in [0, 0.1) is 0 Å². The number of carbonyl (C=O) groups excluding carboxylic acids is 2. The van der Waals surface area contributed by atoms with Crippen LogP contribution in [0.3, 0.4) is 0 Å². The lowest BCUT2D eigenvalue weighted by atomic mass is 10.1. The molecule has 1 atom stereocenters. The van der Waals surface area contributed by atoms with E-state index in [0.717, 1.165) is 0 Å². The summed E-state index contributed by atoms with van der Waals surface area (Å²) >= 11 is -0.245. The molecule has 1 fully saturated rings. The summed E-state index contributed by atoms with van der Waals surface area (Å²) in [7, 11) is 0. The zero-order chi connectivity index (χ0) is 16.3. The Morgan fingerprint density at radius 1 is 1.27 bits per heavy atom. The average Bonchev–Trinajstić information content (AvgIpc) is 2.46. The largest absolute Gasteiger partial charge is 0.446 e. The molecule has 5 nitrogen and oxygen atoms in total. The highest BCUT2D eigenvalue weighted by Gasteiger charge is 2.30. The Morgan fingerprint density at radius 3 is 2.45 bits per heavy atom. The average molecular weight is 334 g/mol. The van der Waals surface area contributed by atoms with Gasteiger partial charge in [-0.15, -0.1) is 0 Å². The van der Waals surface area contributed by atoms with Crippen LogP contribution < -0.4 is 5.73 Å². The van der Waals surface area contributed by atoms with E-state index in [-0.39, 0.29) is 41.3 Å². The molecule has 0 saturated carbocycles. The number of halogens is 3. The molecule has 0 spiro atoms. The first-order valence-electron chi connectivity index (χ1n) is 6.32. The van der Waals surface area contributed by atoms with Crippen molar-refractivity contribution in [3.8, 4) is 0 Å². The van der Waals surface area contributed by atoms with Gasteiger partial charge in [0.25, 0.3) is 5.91 Å². The number of alkyl halides is 3. The summed E-state index contributed by atoms with van der Waals surface area (Å²) in [6.45, 7) is 0.510. The molecule has 1 aromatic rings. The van der Waals surface area contributed by atoms with Gasteiger partial charge in [0.15, 0.2) is 6.10 Å². The van der Waals surface area contributed by atoms with Gasteiger partial charge in [-0.2, -0.15) is 13.2 Å². The van der Waals surface area contributed by atoms with Crippen molar-refractivity contribution >= 4 is 23.6 Å². The van der Waals surface area contributed by atoms with Crippen LogP contribution in [-0.2, 0) is 9.53 Å². The van der Waals surface area contributed by atoms with Gasteiger partial charge in [0, 0.05) is 17.0 Å². The van der Waals surface area contributed by atoms with Crippen molar-refractivity contribution in [3.63, 3.8) is 0 Å². The highest BCUT2D eigenvalue weighted by molar-refractivity contribution is 8.00. The second-order valence-electron chi connectivity index (χ2n) is 4.59. The topological polar surface area (TPSA) is 72.6 Å². The number of hydrogen-bond acceptors (Lipinski definition) is 4. The minimum absolute atomic E-state index is 0.000963. The van der Waals surface area contributed by atoms with E-state index in [4.69, 9.17) is 10.5 Å². The second-order valence-corrected chi connectivity index (χ2v) is 5.72. The molecule has 0 bridgehead atoms. The number of thioether (sulfide) groups is 1. The van der Waals surface area contributed by atoms with E-state index in [2.05, 4.69) is 0 Å². The molecule has 1 aliphatic heterocycles. The number of rotatable bonds is 3. The van der Waals surface area contributed by atoms with Crippen LogP contribution >= 0.6 is 11.8 Å². The molecule has 120 valence electrons. The number of benzene rings is 1. The van der Waals surface area contributed by atoms with E-state index < -0.39 is 17.5 Å². The molecule has 0 radical (unpaired) electrons. The fourth-order valence-electron chi connectivity index (χ4n) is 1.99. The Bertz CT molecular complexity index is 563. The first kappa shape index (κ1) is 16.6. The summed E-state index contributed by atoms with van der Waals surface area (Å²) in [5, 5.41) is 0. The van der Waals surface area contributed by atoms with Crippen molar-refractivity contribution in [3.05, 3.63) is 29.8 Å². The molecule has 2 amide bonds. The zero-order valence-electron chi connectivity index (χ0n) is 11.3. The maximum absolute atomic E-state index is 12.3. The van der Waals surface area contributed by atoms with E-state index in [1.807, 2.05) is 0 Å². The molecular formula is C13H13F3N2O3S. The Balaban J connectivity index is 2.05. The van der Waals surface area contributed by atoms with Crippen molar-refractivity contribution in [2.75, 3.05) is 19.7 Å². The van der Waals surface area contributed by atoms with Crippen LogP contribution in [0.15, 0.2) is 29.2 Å². The predicted molar refractivity (Wildman–Crippen MR) is 73.2 cm³/mol. The Labute approximate surface area is 128 Å². The molecule has 0 aromatic heterocycles. The summed E-state index contributed by atoms with van der Waals surface area (Å²) in [5.41, 5.74) is 1.01. The fourth-order valence-corrected chi connectivity index (χ4v) is 2.53. The van der Waals surface area contributed by atoms with Crippen molar-refractivity contribution in [1.82, 2.24) is 4.90 Å². The molecule has 1 unspecified atom stereocenters. The van der Waals surface area contributed by atoms with Gasteiger partial charge in [-0.25, -0.2) is 0 Å². The molecule has 1 aliphatic rings. The Hall–Kier alpha value is -1.74. The van der Waals surface area contributed by atoms with Crippen LogP contribution in [-0.4, -0.2) is 48.0 Å². The minimum atomic E-state index is -4.37. The zero-order valence-corrected chi connectivity index (χ0v) is 12.1. The molecule has 1 heterocycles. The van der Waals surface area contributed by atoms with E-state index >= 15 is 0 Å². The van der Waals surface area contributed by atoms with Crippen LogP contribution in [0.4, 0.5) is 13.2 Å². The van der Waals surface area contributed by atoms with Crippen molar-refractivity contribution < 1.29 is 27.5 Å². The van der Waals surface area contributed by atoms with E-state index in [9.17, 15) is 22.8 Å². The fraction of sp³-hybridized carbons (Fsp3) is 0.385. The summed E-state index contributed by atoms with van der Waals surface area (Å²) in [6.07, 6.45) is -0.863. The molecular weight excluding hydrogens is 321 g/mol. The SMILES string of the molecule is NC(=O)C1CN(C(=O)c2ccc(SC(F)(F)F)cc2)CCO1. The van der Waals surface area contributed by atoms with Gasteiger partial charge in [-0.05, 0) is 36.0 Å². The molecule has 2 N–H and O–H groups in total. The molecule has 1 aromatic carbocycles. The number of hydrogen-bond donors (Lipinski definition) is 1. The number of nitrogens with two attached hydrogens (primary N) is 1. The van der Waals surface area contributed by atoms with Crippen molar-refractivity contribution in [1.29, 1.82) is 0 Å². The van der Waals surface area contributed by atoms with Crippen LogP contribution in [0.5, 0.6) is 0 Å². The summed E-state index contributed by atoms with van der Waals surface area (Å²) < 4.78 is 41.9. The highest BCUT2D eigenvalue weighted by Crippen LogP contribution is 2.36. The highest BCUT2D eigenvalue weighted by atomic mass is 32.2. The quantitative estimate of drug-likeness (QED) is 0.853. The smallest absolute Gasteiger partial charge is 0.367 e. The monoisotopic (exact) mass is 334 g/mol. The second kappa shape index (κ2) is 6.57. The lowest BCUT2D eigenvalue weighted by Gasteiger charge is -2.31. The number of carbonyl (C=O) groups is 2. The maximum Gasteiger partial charge on any atom is 0.446 e. The van der Waals surface area contributed by atoms with Gasteiger partial charge in [-0.1, -0.05) is 0 Å². The van der Waals surface area contributed by atoms with E-state index in [1.54, 1.807) is 0 Å². The molecule has 0 aliphatic carbocycles. The third-order valence-electron chi connectivity index (χ3n) is 3.01. The number of primary amides is 1. The number of morpholine rings is 1. The first-order valence-corrected chi connectivity index (χ1v) is 7.14. The van der Waals surface area contributed by atoms with Gasteiger partial charge in [0.2, 0.25) is 5.91 Å². The number of nitrogens with zero attached hydrogens (tertiary/aromatic N) is 1. The summed E-state index contributed by atoms with van der Waals surface area (Å²) in [5.74, 6) is -1.03. The van der Waals surface area contributed by atoms with Crippen LogP contribution in [0.1, 0.15) is 10.4 Å². The summed E-state index contributed by atoms with van der Waals surface area (Å²) in [4.78, 5) is 24.7. The lowest BCUT2D eigenvalue weighted by molar-refractivity contribution is -0.133. The van der Waals surface area contributed by atoms with Crippen LogP contribution in [0.2, 0.25) is 0 Å². The standard InChI is InChI=1S/C13H13F3N2O3S/c14-13(15,16)22-9-3-1-8(2-4-9)12(20)18-5-6-21-10(7-18)11(17)19/h1-4,10H,5-7H2,(H2,17,19). The van der Waals surface area contributed by atoms with Gasteiger partial charge in [0.1, 0.15) is 0 Å². The molecule has 1 saturated heterocycles. The Kier molecular flexibility index (Phi) is 4.97. The van der Waals surface area contributed by atoms with Gasteiger partial charge in [0.05, 0.1) is 13.2 Å².